The highest BCUT2D eigenvalue weighted by molar-refractivity contribution is 5.95. The summed E-state index contributed by atoms with van der Waals surface area (Å²) in [6.45, 7) is 8.21. The average Bonchev–Trinajstić information content (AvgIpc) is 3.45. The Hall–Kier alpha value is -2.35. The lowest BCUT2D eigenvalue weighted by Gasteiger charge is -2.36. The predicted molar refractivity (Wildman–Crippen MR) is 113 cm³/mol. The molecule has 2 heterocycles. The van der Waals surface area contributed by atoms with Crippen LogP contribution in [0.15, 0.2) is 22.8 Å². The van der Waals surface area contributed by atoms with Crippen LogP contribution < -0.4 is 10.6 Å². The third-order valence-corrected chi connectivity index (χ3v) is 6.10. The number of piperazine rings is 1. The molecule has 1 saturated carbocycles. The summed E-state index contributed by atoms with van der Waals surface area (Å²) in [4.78, 5) is 41.6. The van der Waals surface area contributed by atoms with E-state index in [1.54, 1.807) is 12.1 Å². The summed E-state index contributed by atoms with van der Waals surface area (Å²) in [5, 5.41) is 5.68. The zero-order valence-electron chi connectivity index (χ0n) is 18.1. The van der Waals surface area contributed by atoms with Gasteiger partial charge in [0.1, 0.15) is 6.04 Å². The van der Waals surface area contributed by atoms with E-state index in [1.807, 2.05) is 18.7 Å². The van der Waals surface area contributed by atoms with Gasteiger partial charge in [-0.1, -0.05) is 26.7 Å². The van der Waals surface area contributed by atoms with Crippen molar-refractivity contribution >= 4 is 17.7 Å². The number of hydrogen-bond donors (Lipinski definition) is 2. The van der Waals surface area contributed by atoms with E-state index in [9.17, 15) is 14.4 Å². The summed E-state index contributed by atoms with van der Waals surface area (Å²) in [6, 6.07) is 2.59. The molecule has 0 spiro atoms. The molecule has 1 atom stereocenters. The van der Waals surface area contributed by atoms with Gasteiger partial charge in [-0.3, -0.25) is 19.3 Å². The minimum atomic E-state index is -0.622. The first-order valence-corrected chi connectivity index (χ1v) is 11.1. The van der Waals surface area contributed by atoms with Crippen molar-refractivity contribution in [2.24, 2.45) is 11.8 Å². The average molecular weight is 419 g/mol. The molecule has 2 fully saturated rings. The van der Waals surface area contributed by atoms with Gasteiger partial charge in [0.25, 0.3) is 5.91 Å². The molecule has 2 aliphatic rings. The molecule has 8 nitrogen and oxygen atoms in total. The van der Waals surface area contributed by atoms with Crippen LogP contribution in [0.2, 0.25) is 0 Å². The number of carbonyl (C=O) groups is 3. The van der Waals surface area contributed by atoms with Crippen LogP contribution in [0.3, 0.4) is 0 Å². The minimum absolute atomic E-state index is 0.0472. The van der Waals surface area contributed by atoms with E-state index in [2.05, 4.69) is 15.5 Å². The van der Waals surface area contributed by atoms with Crippen LogP contribution in [-0.4, -0.2) is 72.8 Å². The van der Waals surface area contributed by atoms with Crippen molar-refractivity contribution in [3.8, 4) is 0 Å². The molecule has 30 heavy (non-hydrogen) atoms. The summed E-state index contributed by atoms with van der Waals surface area (Å²) in [6.07, 6.45) is 5.86. The Morgan fingerprint density at radius 2 is 1.83 bits per heavy atom. The molecule has 0 bridgehead atoms. The topological polar surface area (TPSA) is 94.9 Å². The third kappa shape index (κ3) is 5.84. The van der Waals surface area contributed by atoms with Gasteiger partial charge < -0.3 is 20.0 Å². The smallest absolute Gasteiger partial charge is 0.287 e. The molecule has 8 heteroatoms. The monoisotopic (exact) mass is 418 g/mol. The molecule has 0 aromatic carbocycles. The first kappa shape index (κ1) is 22.3. The van der Waals surface area contributed by atoms with Crippen LogP contribution in [0.1, 0.15) is 50.1 Å². The zero-order chi connectivity index (χ0) is 21.5. The Morgan fingerprint density at radius 1 is 1.13 bits per heavy atom. The van der Waals surface area contributed by atoms with E-state index in [0.29, 0.717) is 12.5 Å². The normalized spacial score (nSPS) is 19.1. The van der Waals surface area contributed by atoms with Crippen molar-refractivity contribution in [2.45, 2.75) is 45.6 Å². The van der Waals surface area contributed by atoms with Gasteiger partial charge in [-0.05, 0) is 30.9 Å². The molecule has 1 saturated heterocycles. The van der Waals surface area contributed by atoms with E-state index in [-0.39, 0.29) is 23.5 Å². The van der Waals surface area contributed by atoms with Gasteiger partial charge in [0.2, 0.25) is 11.8 Å². The molecule has 1 unspecified atom stereocenters. The van der Waals surface area contributed by atoms with Crippen molar-refractivity contribution < 1.29 is 18.8 Å². The van der Waals surface area contributed by atoms with E-state index >= 15 is 0 Å². The summed E-state index contributed by atoms with van der Waals surface area (Å²) in [5.74, 6) is 0.122. The van der Waals surface area contributed by atoms with Crippen molar-refractivity contribution in [1.82, 2.24) is 20.4 Å². The fraction of sp³-hybridized carbons (Fsp3) is 0.682. The molecule has 166 valence electrons. The second-order valence-corrected chi connectivity index (χ2v) is 8.61. The minimum Gasteiger partial charge on any atom is -0.459 e. The van der Waals surface area contributed by atoms with Crippen molar-refractivity contribution in [2.75, 3.05) is 39.3 Å². The number of furan rings is 1. The molecule has 0 radical (unpaired) electrons. The quantitative estimate of drug-likeness (QED) is 0.667. The van der Waals surface area contributed by atoms with Crippen LogP contribution in [0, 0.1) is 11.8 Å². The molecule has 1 aliphatic carbocycles. The molecule has 1 aliphatic heterocycles. The lowest BCUT2D eigenvalue weighted by atomic mass is 10.0. The lowest BCUT2D eigenvalue weighted by molar-refractivity contribution is -0.137. The van der Waals surface area contributed by atoms with E-state index in [1.165, 1.54) is 19.1 Å². The van der Waals surface area contributed by atoms with Crippen LogP contribution in [0.25, 0.3) is 0 Å². The van der Waals surface area contributed by atoms with Crippen LogP contribution in [0.4, 0.5) is 0 Å². The zero-order valence-corrected chi connectivity index (χ0v) is 18.1. The van der Waals surface area contributed by atoms with Gasteiger partial charge in [0.15, 0.2) is 5.76 Å². The molecule has 3 amide bonds. The number of rotatable bonds is 8. The first-order valence-electron chi connectivity index (χ1n) is 11.1. The molecule has 2 N–H and O–H groups in total. The maximum absolute atomic E-state index is 12.6. The fourth-order valence-corrected chi connectivity index (χ4v) is 4.23. The maximum atomic E-state index is 12.6. The SMILES string of the molecule is CC(C)C(NC(=O)c1ccco1)C(=O)NCCN1CCN(C(=O)C2CCCC2)CC1. The number of nitrogens with zero attached hydrogens (tertiary/aromatic N) is 2. The molecular formula is C22H34N4O4. The van der Waals surface area contributed by atoms with Gasteiger partial charge in [-0.25, -0.2) is 0 Å². The van der Waals surface area contributed by atoms with E-state index in [4.69, 9.17) is 4.42 Å². The Morgan fingerprint density at radius 3 is 2.43 bits per heavy atom. The Kier molecular flexibility index (Phi) is 7.90. The number of hydrogen-bond acceptors (Lipinski definition) is 5. The Balaban J connectivity index is 1.38. The standard InChI is InChI=1S/C22H34N4O4/c1-16(2)19(24-20(27)18-8-5-15-30-18)21(28)23-9-10-25-11-13-26(14-12-25)22(29)17-6-3-4-7-17/h5,8,15-17,19H,3-4,6-7,9-14H2,1-2H3,(H,23,28)(H,24,27). The summed E-state index contributed by atoms with van der Waals surface area (Å²) >= 11 is 0. The largest absolute Gasteiger partial charge is 0.459 e. The van der Waals surface area contributed by atoms with Crippen molar-refractivity contribution in [1.29, 1.82) is 0 Å². The summed E-state index contributed by atoms with van der Waals surface area (Å²) in [5.41, 5.74) is 0. The summed E-state index contributed by atoms with van der Waals surface area (Å²) < 4.78 is 5.10. The first-order chi connectivity index (χ1) is 14.5. The maximum Gasteiger partial charge on any atom is 0.287 e. The van der Waals surface area contributed by atoms with Crippen molar-refractivity contribution in [3.63, 3.8) is 0 Å². The van der Waals surface area contributed by atoms with Gasteiger partial charge in [0.05, 0.1) is 6.26 Å². The second kappa shape index (κ2) is 10.6. The Bertz CT molecular complexity index is 705. The van der Waals surface area contributed by atoms with Crippen molar-refractivity contribution in [3.05, 3.63) is 24.2 Å². The molecule has 1 aromatic heterocycles. The number of nitrogens with one attached hydrogen (secondary N) is 2. The van der Waals surface area contributed by atoms with Crippen LogP contribution in [-0.2, 0) is 9.59 Å². The number of carbonyl (C=O) groups excluding carboxylic acids is 3. The summed E-state index contributed by atoms with van der Waals surface area (Å²) in [7, 11) is 0. The highest BCUT2D eigenvalue weighted by Crippen LogP contribution is 2.26. The lowest BCUT2D eigenvalue weighted by Crippen LogP contribution is -2.53. The predicted octanol–water partition coefficient (Wildman–Crippen LogP) is 1.48. The second-order valence-electron chi connectivity index (χ2n) is 8.61. The fourth-order valence-electron chi connectivity index (χ4n) is 4.23. The highest BCUT2D eigenvalue weighted by atomic mass is 16.3. The third-order valence-electron chi connectivity index (χ3n) is 6.10. The Labute approximate surface area is 178 Å². The van der Waals surface area contributed by atoms with E-state index in [0.717, 1.165) is 45.6 Å². The number of amides is 3. The highest BCUT2D eigenvalue weighted by Gasteiger charge is 2.29. The van der Waals surface area contributed by atoms with Gasteiger partial charge in [-0.15, -0.1) is 0 Å². The van der Waals surface area contributed by atoms with Gasteiger partial charge in [-0.2, -0.15) is 0 Å². The van der Waals surface area contributed by atoms with Gasteiger partial charge in [0, 0.05) is 45.2 Å². The van der Waals surface area contributed by atoms with Crippen LogP contribution >= 0.6 is 0 Å². The van der Waals surface area contributed by atoms with E-state index < -0.39 is 11.9 Å². The van der Waals surface area contributed by atoms with Crippen LogP contribution in [0.5, 0.6) is 0 Å². The molecule has 1 aromatic rings. The van der Waals surface area contributed by atoms with Gasteiger partial charge >= 0.3 is 0 Å². The molecular weight excluding hydrogens is 384 g/mol. The molecule has 3 rings (SSSR count).